The van der Waals surface area contributed by atoms with Crippen molar-refractivity contribution in [2.45, 2.75) is 19.9 Å². The number of rotatable bonds is 4. The number of likely N-dealkylation sites (N-methyl/N-ethyl adjacent to an activating group) is 1. The molecular weight excluding hydrogens is 379 g/mol. The zero-order chi connectivity index (χ0) is 18.2. The maximum atomic E-state index is 12.3. The Morgan fingerprint density at radius 2 is 1.83 bits per heavy atom. The van der Waals surface area contributed by atoms with Crippen molar-refractivity contribution in [1.29, 1.82) is 0 Å². The van der Waals surface area contributed by atoms with Crippen molar-refractivity contribution in [3.05, 3.63) is 33.8 Å². The third-order valence-corrected chi connectivity index (χ3v) is 6.07. The maximum Gasteiger partial charge on any atom is 0.342 e. The normalized spacial score (nSPS) is 20.7. The van der Waals surface area contributed by atoms with E-state index in [1.807, 2.05) is 0 Å². The SMILES string of the molecule is CC(C)C1C(=O)N(COC(=O)c2c(Cl)cccc2Cl)S(=O)(=O)N1C. The molecule has 0 spiro atoms. The van der Waals surface area contributed by atoms with Gasteiger partial charge in [-0.05, 0) is 18.1 Å². The summed E-state index contributed by atoms with van der Waals surface area (Å²) in [7, 11) is -2.72. The van der Waals surface area contributed by atoms with Gasteiger partial charge in [0.25, 0.3) is 5.91 Å². The average molecular weight is 395 g/mol. The van der Waals surface area contributed by atoms with Crippen molar-refractivity contribution in [1.82, 2.24) is 8.61 Å². The van der Waals surface area contributed by atoms with Crippen molar-refractivity contribution in [2.75, 3.05) is 13.8 Å². The summed E-state index contributed by atoms with van der Waals surface area (Å²) in [6.45, 7) is 2.72. The lowest BCUT2D eigenvalue weighted by atomic mass is 10.0. The van der Waals surface area contributed by atoms with Crippen LogP contribution in [0.15, 0.2) is 18.2 Å². The minimum absolute atomic E-state index is 0.0697. The minimum Gasteiger partial charge on any atom is -0.439 e. The Kier molecular flexibility index (Phi) is 5.44. The van der Waals surface area contributed by atoms with E-state index in [9.17, 15) is 18.0 Å². The molecule has 0 N–H and O–H groups in total. The fourth-order valence-electron chi connectivity index (χ4n) is 2.43. The smallest absolute Gasteiger partial charge is 0.342 e. The molecule has 0 aromatic heterocycles. The molecule has 1 saturated heterocycles. The first-order valence-corrected chi connectivity index (χ1v) is 9.15. The minimum atomic E-state index is -4.03. The van der Waals surface area contributed by atoms with Crippen molar-refractivity contribution in [3.8, 4) is 0 Å². The highest BCUT2D eigenvalue weighted by Crippen LogP contribution is 2.28. The van der Waals surface area contributed by atoms with Crippen LogP contribution in [-0.4, -0.2) is 48.7 Å². The summed E-state index contributed by atoms with van der Waals surface area (Å²) >= 11 is 11.8. The van der Waals surface area contributed by atoms with Crippen molar-refractivity contribution >= 4 is 45.3 Å². The average Bonchev–Trinajstić information content (AvgIpc) is 2.63. The molecule has 2 rings (SSSR count). The number of halogens is 2. The molecule has 1 atom stereocenters. The molecule has 1 aromatic carbocycles. The monoisotopic (exact) mass is 394 g/mol. The second-order valence-corrected chi connectivity index (χ2v) is 8.28. The molecule has 1 amide bonds. The van der Waals surface area contributed by atoms with Crippen LogP contribution in [0.25, 0.3) is 0 Å². The maximum absolute atomic E-state index is 12.3. The first-order valence-electron chi connectivity index (χ1n) is 6.99. The van der Waals surface area contributed by atoms with Gasteiger partial charge in [-0.25, -0.2) is 4.79 Å². The van der Waals surface area contributed by atoms with E-state index in [4.69, 9.17) is 27.9 Å². The Morgan fingerprint density at radius 3 is 2.29 bits per heavy atom. The van der Waals surface area contributed by atoms with Gasteiger partial charge in [-0.2, -0.15) is 17.0 Å². The topological polar surface area (TPSA) is 84.0 Å². The van der Waals surface area contributed by atoms with Crippen LogP contribution < -0.4 is 0 Å². The summed E-state index contributed by atoms with van der Waals surface area (Å²) in [5, 5.41) is 0.139. The van der Waals surface area contributed by atoms with Gasteiger partial charge in [0.1, 0.15) is 6.04 Å². The summed E-state index contributed by atoms with van der Waals surface area (Å²) in [4.78, 5) is 24.4. The second-order valence-electron chi connectivity index (χ2n) is 5.56. The van der Waals surface area contributed by atoms with Gasteiger partial charge in [-0.3, -0.25) is 4.79 Å². The van der Waals surface area contributed by atoms with Gasteiger partial charge in [0, 0.05) is 7.05 Å². The molecule has 10 heteroatoms. The third-order valence-electron chi connectivity index (χ3n) is 3.64. The van der Waals surface area contributed by atoms with Crippen LogP contribution in [-0.2, 0) is 19.7 Å². The van der Waals surface area contributed by atoms with Crippen LogP contribution in [0.3, 0.4) is 0 Å². The number of hydrogen-bond acceptors (Lipinski definition) is 5. The molecule has 0 bridgehead atoms. The van der Waals surface area contributed by atoms with Crippen LogP contribution in [0.5, 0.6) is 0 Å². The fraction of sp³-hybridized carbons (Fsp3) is 0.429. The largest absolute Gasteiger partial charge is 0.439 e. The van der Waals surface area contributed by atoms with Gasteiger partial charge in [-0.1, -0.05) is 43.1 Å². The van der Waals surface area contributed by atoms with Crippen molar-refractivity contribution in [3.63, 3.8) is 0 Å². The molecule has 132 valence electrons. The lowest BCUT2D eigenvalue weighted by Gasteiger charge is -2.17. The number of ether oxygens (including phenoxy) is 1. The summed E-state index contributed by atoms with van der Waals surface area (Å²) in [6.07, 6.45) is 0. The summed E-state index contributed by atoms with van der Waals surface area (Å²) < 4.78 is 31.0. The lowest BCUT2D eigenvalue weighted by molar-refractivity contribution is -0.131. The molecular formula is C14H16Cl2N2O5S. The summed E-state index contributed by atoms with van der Waals surface area (Å²) in [6, 6.07) is 3.62. The summed E-state index contributed by atoms with van der Waals surface area (Å²) in [5.74, 6) is -1.79. The van der Waals surface area contributed by atoms with E-state index >= 15 is 0 Å². The zero-order valence-electron chi connectivity index (χ0n) is 13.2. The number of benzene rings is 1. The van der Waals surface area contributed by atoms with Gasteiger partial charge < -0.3 is 4.74 Å². The number of carbonyl (C=O) groups excluding carboxylic acids is 2. The molecule has 0 saturated carbocycles. The molecule has 1 aromatic rings. The Hall–Kier alpha value is -1.35. The molecule has 1 aliphatic heterocycles. The van der Waals surface area contributed by atoms with E-state index in [-0.39, 0.29) is 21.5 Å². The predicted octanol–water partition coefficient (Wildman–Crippen LogP) is 2.15. The highest BCUT2D eigenvalue weighted by Gasteiger charge is 2.50. The van der Waals surface area contributed by atoms with E-state index in [0.29, 0.717) is 4.31 Å². The van der Waals surface area contributed by atoms with Gasteiger partial charge in [-0.15, -0.1) is 0 Å². The van der Waals surface area contributed by atoms with Gasteiger partial charge in [0.15, 0.2) is 6.73 Å². The molecule has 0 radical (unpaired) electrons. The van der Waals surface area contributed by atoms with Crippen LogP contribution >= 0.6 is 23.2 Å². The van der Waals surface area contributed by atoms with E-state index in [2.05, 4.69) is 0 Å². The zero-order valence-corrected chi connectivity index (χ0v) is 15.5. The van der Waals surface area contributed by atoms with E-state index in [1.54, 1.807) is 19.9 Å². The van der Waals surface area contributed by atoms with Crippen LogP contribution in [0.4, 0.5) is 0 Å². The lowest BCUT2D eigenvalue weighted by Crippen LogP contribution is -2.36. The standard InChI is InChI=1S/C14H16Cl2N2O5S/c1-8(2)12-13(19)18(24(21,22)17(12)3)7-23-14(20)11-9(15)5-4-6-10(11)16/h4-6,8,12H,7H2,1-3H3. The first-order chi connectivity index (χ1) is 11.1. The van der Waals surface area contributed by atoms with Crippen LogP contribution in [0.2, 0.25) is 10.0 Å². The quantitative estimate of drug-likeness (QED) is 0.730. The van der Waals surface area contributed by atoms with Gasteiger partial charge >= 0.3 is 16.2 Å². The fourth-order valence-corrected chi connectivity index (χ4v) is 4.44. The van der Waals surface area contributed by atoms with Crippen molar-refractivity contribution in [2.24, 2.45) is 5.92 Å². The number of esters is 1. The van der Waals surface area contributed by atoms with Crippen molar-refractivity contribution < 1.29 is 22.7 Å². The van der Waals surface area contributed by atoms with Gasteiger partial charge in [0.05, 0.1) is 15.6 Å². The molecule has 1 fully saturated rings. The summed E-state index contributed by atoms with van der Waals surface area (Å²) in [5.41, 5.74) is -0.0846. The molecule has 7 nitrogen and oxygen atoms in total. The number of hydrogen-bond donors (Lipinski definition) is 0. The molecule has 1 heterocycles. The Bertz CT molecular complexity index is 761. The number of nitrogens with zero attached hydrogens (tertiary/aromatic N) is 2. The van der Waals surface area contributed by atoms with E-state index in [1.165, 1.54) is 19.2 Å². The Morgan fingerprint density at radius 1 is 1.29 bits per heavy atom. The highest BCUT2D eigenvalue weighted by atomic mass is 35.5. The van der Waals surface area contributed by atoms with E-state index in [0.717, 1.165) is 4.31 Å². The van der Waals surface area contributed by atoms with E-state index < -0.39 is 34.9 Å². The molecule has 1 unspecified atom stereocenters. The Balaban J connectivity index is 2.20. The first kappa shape index (κ1) is 19.0. The van der Waals surface area contributed by atoms with Crippen LogP contribution in [0.1, 0.15) is 24.2 Å². The highest BCUT2D eigenvalue weighted by molar-refractivity contribution is 7.87. The number of carbonyl (C=O) groups is 2. The Labute approximate surface area is 150 Å². The predicted molar refractivity (Wildman–Crippen MR) is 88.9 cm³/mol. The second kappa shape index (κ2) is 6.87. The molecule has 1 aliphatic rings. The van der Waals surface area contributed by atoms with Crippen LogP contribution in [0, 0.1) is 5.92 Å². The third kappa shape index (κ3) is 3.23. The molecule has 0 aliphatic carbocycles. The van der Waals surface area contributed by atoms with Gasteiger partial charge in [0.2, 0.25) is 0 Å². The number of amides is 1. The molecule has 24 heavy (non-hydrogen) atoms.